The van der Waals surface area contributed by atoms with Gasteiger partial charge in [-0.3, -0.25) is 4.79 Å². The number of aliphatic hydroxyl groups excluding tert-OH is 1. The van der Waals surface area contributed by atoms with Crippen LogP contribution in [0.25, 0.3) is 0 Å². The number of hydrogen-bond donors (Lipinski definition) is 1. The average molecular weight is 128 g/mol. The Bertz CT molecular complexity index is 139. The number of aliphatic hydroxyl groups is 1. The molecule has 0 saturated heterocycles. The van der Waals surface area contributed by atoms with Crippen LogP contribution in [0.3, 0.4) is 0 Å². The third kappa shape index (κ3) is 1.29. The van der Waals surface area contributed by atoms with Crippen molar-refractivity contribution >= 4 is 6.29 Å². The molecule has 1 aliphatic rings. The van der Waals surface area contributed by atoms with E-state index in [0.29, 0.717) is 12.2 Å². The topological polar surface area (TPSA) is 46.5 Å². The lowest BCUT2D eigenvalue weighted by Gasteiger charge is -2.02. The molecule has 0 fully saturated rings. The maximum absolute atomic E-state index is 10.0. The summed E-state index contributed by atoms with van der Waals surface area (Å²) in [5.41, 5.74) is 0. The van der Waals surface area contributed by atoms with Gasteiger partial charge in [-0.1, -0.05) is 0 Å². The molecule has 1 atom stereocenters. The van der Waals surface area contributed by atoms with Gasteiger partial charge in [-0.25, -0.2) is 0 Å². The van der Waals surface area contributed by atoms with Crippen LogP contribution in [-0.4, -0.2) is 24.1 Å². The van der Waals surface area contributed by atoms with E-state index < -0.39 is 0 Å². The largest absolute Gasteiger partial charge is 0.485 e. The molecule has 50 valence electrons. The van der Waals surface area contributed by atoms with Gasteiger partial charge in [-0.05, 0) is 6.08 Å². The molecule has 0 saturated carbocycles. The fourth-order valence-corrected chi connectivity index (χ4v) is 0.723. The summed E-state index contributed by atoms with van der Waals surface area (Å²) >= 11 is 0. The van der Waals surface area contributed by atoms with Gasteiger partial charge in [0.25, 0.3) is 0 Å². The fraction of sp³-hybridized carbons (Fsp3) is 0.500. The maximum atomic E-state index is 10.0. The van der Waals surface area contributed by atoms with Gasteiger partial charge in [0, 0.05) is 6.42 Å². The van der Waals surface area contributed by atoms with Gasteiger partial charge in [0.1, 0.15) is 12.4 Å². The fourth-order valence-electron chi connectivity index (χ4n) is 0.723. The van der Waals surface area contributed by atoms with Gasteiger partial charge in [-0.2, -0.15) is 0 Å². The summed E-state index contributed by atoms with van der Waals surface area (Å²) in [6.45, 7) is -0.107. The molecule has 3 heteroatoms. The lowest BCUT2D eigenvalue weighted by molar-refractivity contribution is -0.115. The van der Waals surface area contributed by atoms with Gasteiger partial charge < -0.3 is 9.84 Å². The predicted molar refractivity (Wildman–Crippen MR) is 30.7 cm³/mol. The van der Waals surface area contributed by atoms with E-state index in [9.17, 15) is 4.79 Å². The van der Waals surface area contributed by atoms with E-state index in [0.717, 1.165) is 6.29 Å². The second kappa shape index (κ2) is 2.64. The standard InChI is InChI=1S/C6H8O3/c7-3-5-1-2-6(4-8)9-5/h1,4,6-7H,2-3H2. The van der Waals surface area contributed by atoms with Crippen LogP contribution in [0.2, 0.25) is 0 Å². The minimum atomic E-state index is -0.354. The molecule has 1 aliphatic heterocycles. The van der Waals surface area contributed by atoms with E-state index in [1.807, 2.05) is 0 Å². The molecule has 0 amide bonds. The lowest BCUT2D eigenvalue weighted by Crippen LogP contribution is -2.07. The average Bonchev–Trinajstić information content (AvgIpc) is 2.34. The second-order valence-electron chi connectivity index (χ2n) is 1.86. The first-order valence-electron chi connectivity index (χ1n) is 2.78. The minimum absolute atomic E-state index is 0.107. The van der Waals surface area contributed by atoms with Gasteiger partial charge in [-0.15, -0.1) is 0 Å². The number of ether oxygens (including phenoxy) is 1. The molecular weight excluding hydrogens is 120 g/mol. The maximum Gasteiger partial charge on any atom is 0.160 e. The molecule has 0 aromatic rings. The summed E-state index contributed by atoms with van der Waals surface area (Å²) < 4.78 is 4.90. The van der Waals surface area contributed by atoms with Crippen LogP contribution in [0.4, 0.5) is 0 Å². The van der Waals surface area contributed by atoms with Crippen molar-refractivity contribution in [3.05, 3.63) is 11.8 Å². The number of aldehydes is 1. The Labute approximate surface area is 52.9 Å². The summed E-state index contributed by atoms with van der Waals surface area (Å²) in [6, 6.07) is 0. The zero-order chi connectivity index (χ0) is 6.69. The first kappa shape index (κ1) is 6.29. The smallest absolute Gasteiger partial charge is 0.160 e. The monoisotopic (exact) mass is 128 g/mol. The molecule has 0 radical (unpaired) electrons. The van der Waals surface area contributed by atoms with Crippen molar-refractivity contribution in [1.29, 1.82) is 0 Å². The minimum Gasteiger partial charge on any atom is -0.485 e. The third-order valence-corrected chi connectivity index (χ3v) is 1.19. The van der Waals surface area contributed by atoms with Crippen molar-refractivity contribution in [3.8, 4) is 0 Å². The van der Waals surface area contributed by atoms with Crippen molar-refractivity contribution in [2.24, 2.45) is 0 Å². The molecular formula is C6H8O3. The van der Waals surface area contributed by atoms with Crippen LogP contribution >= 0.6 is 0 Å². The Balaban J connectivity index is 2.39. The van der Waals surface area contributed by atoms with Crippen LogP contribution in [0.5, 0.6) is 0 Å². The highest BCUT2D eigenvalue weighted by Gasteiger charge is 2.15. The molecule has 1 N–H and O–H groups in total. The van der Waals surface area contributed by atoms with E-state index in [4.69, 9.17) is 9.84 Å². The SMILES string of the molecule is O=CC1CC=C(CO)O1. The number of carbonyl (C=O) groups excluding carboxylic acids is 1. The zero-order valence-electron chi connectivity index (χ0n) is 4.91. The molecule has 1 heterocycles. The molecule has 3 nitrogen and oxygen atoms in total. The summed E-state index contributed by atoms with van der Waals surface area (Å²) in [6.07, 6.45) is 2.70. The van der Waals surface area contributed by atoms with E-state index in [2.05, 4.69) is 0 Å². The van der Waals surface area contributed by atoms with Gasteiger partial charge in [0.15, 0.2) is 12.4 Å². The Morgan fingerprint density at radius 1 is 2.00 bits per heavy atom. The van der Waals surface area contributed by atoms with Crippen LogP contribution in [0.15, 0.2) is 11.8 Å². The molecule has 0 aliphatic carbocycles. The zero-order valence-corrected chi connectivity index (χ0v) is 4.91. The molecule has 0 aromatic heterocycles. The normalized spacial score (nSPS) is 25.0. The quantitative estimate of drug-likeness (QED) is 0.526. The number of carbonyl (C=O) groups is 1. The van der Waals surface area contributed by atoms with Crippen molar-refractivity contribution in [3.63, 3.8) is 0 Å². The summed E-state index contributed by atoms with van der Waals surface area (Å²) in [4.78, 5) is 10.0. The van der Waals surface area contributed by atoms with Crippen molar-refractivity contribution in [2.45, 2.75) is 12.5 Å². The van der Waals surface area contributed by atoms with Crippen LogP contribution in [-0.2, 0) is 9.53 Å². The van der Waals surface area contributed by atoms with Gasteiger partial charge in [0.05, 0.1) is 0 Å². The van der Waals surface area contributed by atoms with Crippen molar-refractivity contribution < 1.29 is 14.6 Å². The Kier molecular flexibility index (Phi) is 1.85. The van der Waals surface area contributed by atoms with Crippen LogP contribution < -0.4 is 0 Å². The second-order valence-corrected chi connectivity index (χ2v) is 1.86. The molecule has 0 aromatic carbocycles. The molecule has 0 bridgehead atoms. The first-order chi connectivity index (χ1) is 4.36. The predicted octanol–water partition coefficient (Wildman–Crippen LogP) is -0.150. The lowest BCUT2D eigenvalue weighted by atomic mass is 10.3. The van der Waals surface area contributed by atoms with Crippen LogP contribution in [0.1, 0.15) is 6.42 Å². The first-order valence-corrected chi connectivity index (χ1v) is 2.78. The number of rotatable bonds is 2. The van der Waals surface area contributed by atoms with Gasteiger partial charge in [0.2, 0.25) is 0 Å². The highest BCUT2D eigenvalue weighted by atomic mass is 16.5. The highest BCUT2D eigenvalue weighted by Crippen LogP contribution is 2.13. The summed E-state index contributed by atoms with van der Waals surface area (Å²) in [5.74, 6) is 0.507. The summed E-state index contributed by atoms with van der Waals surface area (Å²) in [7, 11) is 0. The molecule has 0 spiro atoms. The Morgan fingerprint density at radius 3 is 3.11 bits per heavy atom. The third-order valence-electron chi connectivity index (χ3n) is 1.19. The van der Waals surface area contributed by atoms with Crippen molar-refractivity contribution in [1.82, 2.24) is 0 Å². The molecule has 1 unspecified atom stereocenters. The van der Waals surface area contributed by atoms with E-state index >= 15 is 0 Å². The molecule has 1 rings (SSSR count). The molecule has 9 heavy (non-hydrogen) atoms. The van der Waals surface area contributed by atoms with E-state index in [-0.39, 0.29) is 12.7 Å². The van der Waals surface area contributed by atoms with E-state index in [1.54, 1.807) is 6.08 Å². The summed E-state index contributed by atoms with van der Waals surface area (Å²) in [5, 5.41) is 8.47. The highest BCUT2D eigenvalue weighted by molar-refractivity contribution is 5.57. The van der Waals surface area contributed by atoms with Gasteiger partial charge >= 0.3 is 0 Å². The van der Waals surface area contributed by atoms with E-state index in [1.165, 1.54) is 0 Å². The van der Waals surface area contributed by atoms with Crippen molar-refractivity contribution in [2.75, 3.05) is 6.61 Å². The van der Waals surface area contributed by atoms with Crippen LogP contribution in [0, 0.1) is 0 Å². The number of hydrogen-bond acceptors (Lipinski definition) is 3. The Morgan fingerprint density at radius 2 is 2.78 bits per heavy atom. The Hall–Kier alpha value is -0.830.